The Morgan fingerprint density at radius 1 is 0.700 bits per heavy atom. The topological polar surface area (TPSA) is 35.8 Å². The summed E-state index contributed by atoms with van der Waals surface area (Å²) in [4.78, 5) is 0. The summed E-state index contributed by atoms with van der Waals surface area (Å²) in [6.45, 7) is 4.60. The first-order chi connectivity index (χ1) is 14.6. The molecule has 0 radical (unpaired) electrons. The third-order valence-corrected chi connectivity index (χ3v) is 6.12. The molecule has 30 heavy (non-hydrogen) atoms. The van der Waals surface area contributed by atoms with E-state index >= 15 is 0 Å². The van der Waals surface area contributed by atoms with Crippen LogP contribution in [-0.2, 0) is 5.41 Å². The number of nitrogens with one attached hydrogen (secondary N) is 1. The molecule has 0 aliphatic heterocycles. The maximum absolute atomic E-state index is 8.98. The lowest BCUT2D eigenvalue weighted by atomic mass is 9.82. The van der Waals surface area contributed by atoms with Crippen LogP contribution >= 0.6 is 0 Å². The Hall–Kier alpha value is -3.83. The Morgan fingerprint density at radius 2 is 1.33 bits per heavy atom. The van der Waals surface area contributed by atoms with Crippen LogP contribution in [0.1, 0.15) is 30.5 Å². The summed E-state index contributed by atoms with van der Waals surface area (Å²) < 4.78 is 0. The Kier molecular flexibility index (Phi) is 4.19. The first-order valence-electron chi connectivity index (χ1n) is 10.2. The lowest BCUT2D eigenvalue weighted by molar-refractivity contribution is 0.660. The van der Waals surface area contributed by atoms with Gasteiger partial charge in [0, 0.05) is 22.4 Å². The van der Waals surface area contributed by atoms with Gasteiger partial charge in [0.15, 0.2) is 0 Å². The van der Waals surface area contributed by atoms with Crippen molar-refractivity contribution in [2.45, 2.75) is 19.3 Å². The van der Waals surface area contributed by atoms with Crippen LogP contribution in [-0.4, -0.2) is 0 Å². The smallest absolute Gasteiger partial charge is 0.0991 e. The lowest BCUT2D eigenvalue weighted by Gasteiger charge is -2.21. The molecule has 0 fully saturated rings. The Balaban J connectivity index is 1.48. The molecule has 4 aromatic rings. The van der Waals surface area contributed by atoms with Gasteiger partial charge in [-0.05, 0) is 58.1 Å². The first-order valence-corrected chi connectivity index (χ1v) is 10.2. The van der Waals surface area contributed by atoms with Gasteiger partial charge in [0.1, 0.15) is 0 Å². The molecule has 1 aliphatic rings. The largest absolute Gasteiger partial charge is 0.355 e. The van der Waals surface area contributed by atoms with Crippen molar-refractivity contribution in [1.82, 2.24) is 0 Å². The zero-order valence-corrected chi connectivity index (χ0v) is 17.1. The van der Waals surface area contributed by atoms with E-state index in [1.165, 1.54) is 22.3 Å². The molecular formula is C28H22N2. The van der Waals surface area contributed by atoms with Crippen molar-refractivity contribution in [3.8, 4) is 28.3 Å². The van der Waals surface area contributed by atoms with Crippen molar-refractivity contribution in [1.29, 1.82) is 5.26 Å². The monoisotopic (exact) mass is 386 g/mol. The van der Waals surface area contributed by atoms with Crippen molar-refractivity contribution < 1.29 is 0 Å². The summed E-state index contributed by atoms with van der Waals surface area (Å²) in [5, 5.41) is 12.6. The van der Waals surface area contributed by atoms with Crippen molar-refractivity contribution in [2.24, 2.45) is 0 Å². The molecule has 5 rings (SSSR count). The van der Waals surface area contributed by atoms with Gasteiger partial charge in [0.25, 0.3) is 0 Å². The average Bonchev–Trinajstić information content (AvgIpc) is 3.03. The zero-order chi connectivity index (χ0) is 20.7. The number of fused-ring (bicyclic) bond motifs is 3. The standard InChI is InChI=1S/C28H22N2/c1-28(2)24-7-4-3-6-23(24)27-25(28)8-5-9-26(27)30-22-16-14-21(15-17-22)20-12-10-19(18-29)11-13-20/h3-17,30H,1-2H3. The predicted octanol–water partition coefficient (Wildman–Crippen LogP) is 7.28. The Morgan fingerprint density at radius 3 is 2.03 bits per heavy atom. The molecule has 0 saturated carbocycles. The minimum Gasteiger partial charge on any atom is -0.355 e. The van der Waals surface area contributed by atoms with Crippen LogP contribution in [0, 0.1) is 11.3 Å². The first kappa shape index (κ1) is 18.2. The molecule has 2 nitrogen and oxygen atoms in total. The van der Waals surface area contributed by atoms with Gasteiger partial charge in [-0.1, -0.05) is 74.5 Å². The number of nitriles is 1. The number of anilines is 2. The number of rotatable bonds is 3. The Labute approximate surface area is 177 Å². The third kappa shape index (κ3) is 2.88. The van der Waals surface area contributed by atoms with E-state index in [0.29, 0.717) is 5.56 Å². The summed E-state index contributed by atoms with van der Waals surface area (Å²) in [5.41, 5.74) is 10.5. The fourth-order valence-electron chi connectivity index (χ4n) is 4.50. The van der Waals surface area contributed by atoms with Crippen LogP contribution in [0.2, 0.25) is 0 Å². The van der Waals surface area contributed by atoms with E-state index < -0.39 is 0 Å². The molecule has 4 aromatic carbocycles. The molecule has 0 unspecified atom stereocenters. The second kappa shape index (κ2) is 6.90. The van der Waals surface area contributed by atoms with Crippen molar-refractivity contribution in [3.63, 3.8) is 0 Å². The molecule has 0 atom stereocenters. The van der Waals surface area contributed by atoms with Crippen LogP contribution < -0.4 is 5.32 Å². The highest BCUT2D eigenvalue weighted by Crippen LogP contribution is 2.51. The fraction of sp³-hybridized carbons (Fsp3) is 0.107. The van der Waals surface area contributed by atoms with Gasteiger partial charge in [-0.3, -0.25) is 0 Å². The summed E-state index contributed by atoms with van der Waals surface area (Å²) in [7, 11) is 0. The van der Waals surface area contributed by atoms with Gasteiger partial charge in [-0.25, -0.2) is 0 Å². The van der Waals surface area contributed by atoms with Crippen LogP contribution in [0.25, 0.3) is 22.3 Å². The van der Waals surface area contributed by atoms with Crippen LogP contribution in [0.3, 0.4) is 0 Å². The summed E-state index contributed by atoms with van der Waals surface area (Å²) in [6.07, 6.45) is 0. The summed E-state index contributed by atoms with van der Waals surface area (Å²) >= 11 is 0. The van der Waals surface area contributed by atoms with E-state index in [9.17, 15) is 0 Å². The molecule has 0 heterocycles. The van der Waals surface area contributed by atoms with Gasteiger partial charge in [-0.15, -0.1) is 0 Å². The second-order valence-electron chi connectivity index (χ2n) is 8.29. The van der Waals surface area contributed by atoms with Crippen LogP contribution in [0.5, 0.6) is 0 Å². The van der Waals surface area contributed by atoms with Gasteiger partial charge >= 0.3 is 0 Å². The number of nitrogens with zero attached hydrogens (tertiary/aromatic N) is 1. The minimum atomic E-state index is 0.00304. The predicted molar refractivity (Wildman–Crippen MR) is 124 cm³/mol. The van der Waals surface area contributed by atoms with E-state index in [0.717, 1.165) is 22.5 Å². The normalized spacial score (nSPS) is 13.2. The van der Waals surface area contributed by atoms with E-state index in [1.54, 1.807) is 0 Å². The third-order valence-electron chi connectivity index (χ3n) is 6.12. The van der Waals surface area contributed by atoms with Crippen molar-refractivity contribution in [3.05, 3.63) is 108 Å². The maximum atomic E-state index is 8.98. The summed E-state index contributed by atoms with van der Waals surface area (Å²) in [5.74, 6) is 0. The van der Waals surface area contributed by atoms with Gasteiger partial charge in [0.05, 0.1) is 11.6 Å². The van der Waals surface area contributed by atoms with Gasteiger partial charge in [-0.2, -0.15) is 5.26 Å². The lowest BCUT2D eigenvalue weighted by Crippen LogP contribution is -2.14. The fourth-order valence-corrected chi connectivity index (χ4v) is 4.50. The quantitative estimate of drug-likeness (QED) is 0.402. The van der Waals surface area contributed by atoms with Crippen molar-refractivity contribution >= 4 is 11.4 Å². The highest BCUT2D eigenvalue weighted by Gasteiger charge is 2.36. The average molecular weight is 386 g/mol. The minimum absolute atomic E-state index is 0.00304. The van der Waals surface area contributed by atoms with E-state index in [-0.39, 0.29) is 5.41 Å². The van der Waals surface area contributed by atoms with Gasteiger partial charge in [0.2, 0.25) is 0 Å². The van der Waals surface area contributed by atoms with Gasteiger partial charge < -0.3 is 5.32 Å². The van der Waals surface area contributed by atoms with Crippen molar-refractivity contribution in [2.75, 3.05) is 5.32 Å². The van der Waals surface area contributed by atoms with Crippen LogP contribution in [0.15, 0.2) is 91.0 Å². The van der Waals surface area contributed by atoms with E-state index in [4.69, 9.17) is 5.26 Å². The molecule has 2 heteroatoms. The highest BCUT2D eigenvalue weighted by molar-refractivity contribution is 5.91. The SMILES string of the molecule is CC1(C)c2ccccc2-c2c(Nc3ccc(-c4ccc(C#N)cc4)cc3)cccc21. The Bertz CT molecular complexity index is 1270. The number of benzene rings is 4. The molecular weight excluding hydrogens is 364 g/mol. The molecule has 0 amide bonds. The maximum Gasteiger partial charge on any atom is 0.0991 e. The molecule has 0 bridgehead atoms. The molecule has 1 aliphatic carbocycles. The summed E-state index contributed by atoms with van der Waals surface area (Å²) in [6, 6.07) is 33.6. The second-order valence-corrected chi connectivity index (χ2v) is 8.29. The number of hydrogen-bond acceptors (Lipinski definition) is 2. The molecule has 144 valence electrons. The molecule has 0 aromatic heterocycles. The zero-order valence-electron chi connectivity index (χ0n) is 17.1. The van der Waals surface area contributed by atoms with E-state index in [1.807, 2.05) is 24.3 Å². The van der Waals surface area contributed by atoms with E-state index in [2.05, 4.69) is 92.0 Å². The molecule has 0 saturated heterocycles. The molecule has 0 spiro atoms. The number of hydrogen-bond donors (Lipinski definition) is 1. The molecule has 1 N–H and O–H groups in total. The highest BCUT2D eigenvalue weighted by atomic mass is 14.9. The van der Waals surface area contributed by atoms with Crippen LogP contribution in [0.4, 0.5) is 11.4 Å².